The third kappa shape index (κ3) is 1.76. The van der Waals surface area contributed by atoms with Crippen molar-refractivity contribution in [1.82, 2.24) is 5.32 Å². The summed E-state index contributed by atoms with van der Waals surface area (Å²) in [7, 11) is 0. The van der Waals surface area contributed by atoms with Crippen LogP contribution in [0.3, 0.4) is 0 Å². The Bertz CT molecular complexity index is 338. The molecule has 1 nitrogen and oxygen atoms in total. The molecule has 1 heterocycles. The summed E-state index contributed by atoms with van der Waals surface area (Å²) in [5.74, 6) is -0.165. The molecule has 0 saturated carbocycles. The zero-order valence-electron chi connectivity index (χ0n) is 7.40. The highest BCUT2D eigenvalue weighted by Gasteiger charge is 2.17. The van der Waals surface area contributed by atoms with Gasteiger partial charge in [-0.15, -0.1) is 0 Å². The van der Waals surface area contributed by atoms with Gasteiger partial charge in [-0.05, 0) is 36.6 Å². The molecule has 0 aliphatic carbocycles. The van der Waals surface area contributed by atoms with Crippen molar-refractivity contribution < 1.29 is 4.39 Å². The first-order chi connectivity index (χ1) is 6.16. The van der Waals surface area contributed by atoms with Crippen LogP contribution in [0.4, 0.5) is 4.39 Å². The predicted molar refractivity (Wildman–Crippen MR) is 54.1 cm³/mol. The van der Waals surface area contributed by atoms with Crippen LogP contribution < -0.4 is 5.32 Å². The smallest absolute Gasteiger partial charge is 0.124 e. The monoisotopic (exact) mass is 243 g/mol. The second kappa shape index (κ2) is 3.39. The van der Waals surface area contributed by atoms with E-state index in [1.165, 1.54) is 11.6 Å². The van der Waals surface area contributed by atoms with Gasteiger partial charge in [-0.1, -0.05) is 15.9 Å². The quantitative estimate of drug-likeness (QED) is 0.739. The minimum Gasteiger partial charge on any atom is -0.310 e. The van der Waals surface area contributed by atoms with Crippen LogP contribution in [0.1, 0.15) is 18.1 Å². The molecule has 0 fully saturated rings. The molecule has 70 valence electrons. The summed E-state index contributed by atoms with van der Waals surface area (Å²) in [4.78, 5) is 0. The molecule has 1 atom stereocenters. The molecule has 0 amide bonds. The summed E-state index contributed by atoms with van der Waals surface area (Å²) in [6.07, 6.45) is 0.968. The van der Waals surface area contributed by atoms with Crippen molar-refractivity contribution in [2.45, 2.75) is 25.9 Å². The van der Waals surface area contributed by atoms with Crippen LogP contribution in [0, 0.1) is 5.82 Å². The topological polar surface area (TPSA) is 12.0 Å². The zero-order valence-corrected chi connectivity index (χ0v) is 8.99. The minimum absolute atomic E-state index is 0.165. The van der Waals surface area contributed by atoms with E-state index in [0.717, 1.165) is 23.0 Å². The number of hydrogen-bond acceptors (Lipinski definition) is 1. The van der Waals surface area contributed by atoms with E-state index in [4.69, 9.17) is 0 Å². The summed E-state index contributed by atoms with van der Waals surface area (Å²) < 4.78 is 13.9. The molecule has 3 heteroatoms. The molecule has 1 aliphatic heterocycles. The van der Waals surface area contributed by atoms with Gasteiger partial charge in [0.1, 0.15) is 5.82 Å². The van der Waals surface area contributed by atoms with Crippen LogP contribution in [0.5, 0.6) is 0 Å². The predicted octanol–water partition coefficient (Wildman–Crippen LogP) is 2.62. The van der Waals surface area contributed by atoms with Crippen LogP contribution in [0.2, 0.25) is 0 Å². The minimum atomic E-state index is -0.165. The summed E-state index contributed by atoms with van der Waals surface area (Å²) in [5.41, 5.74) is 2.32. The molecule has 0 aromatic heterocycles. The van der Waals surface area contributed by atoms with Crippen molar-refractivity contribution in [2.75, 3.05) is 0 Å². The van der Waals surface area contributed by atoms with Crippen molar-refractivity contribution in [3.05, 3.63) is 33.5 Å². The van der Waals surface area contributed by atoms with E-state index in [0.29, 0.717) is 6.04 Å². The number of nitrogens with one attached hydrogen (secondary N) is 1. The first kappa shape index (κ1) is 9.16. The lowest BCUT2D eigenvalue weighted by atomic mass is 9.97. The Labute approximate surface area is 85.5 Å². The van der Waals surface area contributed by atoms with Crippen molar-refractivity contribution in [3.63, 3.8) is 0 Å². The van der Waals surface area contributed by atoms with E-state index in [1.807, 2.05) is 0 Å². The van der Waals surface area contributed by atoms with E-state index >= 15 is 0 Å². The Morgan fingerprint density at radius 2 is 2.31 bits per heavy atom. The molecule has 1 aromatic carbocycles. The molecule has 1 aromatic rings. The molecule has 0 spiro atoms. The molecule has 1 unspecified atom stereocenters. The third-order valence-electron chi connectivity index (χ3n) is 2.40. The van der Waals surface area contributed by atoms with Gasteiger partial charge in [-0.25, -0.2) is 4.39 Å². The molecule has 2 rings (SSSR count). The van der Waals surface area contributed by atoms with Crippen molar-refractivity contribution in [1.29, 1.82) is 0 Å². The number of benzene rings is 1. The molecule has 0 saturated heterocycles. The summed E-state index contributed by atoms with van der Waals surface area (Å²) in [5, 5.41) is 3.31. The van der Waals surface area contributed by atoms with Gasteiger partial charge in [-0.3, -0.25) is 0 Å². The number of rotatable bonds is 0. The SMILES string of the molecule is CC1Cc2c(Br)cc(F)cc2CN1. The molecule has 1 N–H and O–H groups in total. The second-order valence-corrected chi connectivity index (χ2v) is 4.37. The number of fused-ring (bicyclic) bond motifs is 1. The van der Waals surface area contributed by atoms with E-state index in [2.05, 4.69) is 28.2 Å². The Hall–Kier alpha value is -0.410. The van der Waals surface area contributed by atoms with Crippen LogP contribution in [-0.4, -0.2) is 6.04 Å². The largest absolute Gasteiger partial charge is 0.310 e. The zero-order chi connectivity index (χ0) is 9.42. The Balaban J connectivity index is 2.47. The van der Waals surface area contributed by atoms with Gasteiger partial charge in [0.25, 0.3) is 0 Å². The second-order valence-electron chi connectivity index (χ2n) is 3.51. The number of hydrogen-bond donors (Lipinski definition) is 1. The highest BCUT2D eigenvalue weighted by molar-refractivity contribution is 9.10. The summed E-state index contributed by atoms with van der Waals surface area (Å²) in [6, 6.07) is 3.63. The van der Waals surface area contributed by atoms with Gasteiger partial charge in [-0.2, -0.15) is 0 Å². The number of halogens is 2. The molecular formula is C10H11BrFN. The van der Waals surface area contributed by atoms with Gasteiger partial charge < -0.3 is 5.32 Å². The highest BCUT2D eigenvalue weighted by Crippen LogP contribution is 2.26. The maximum Gasteiger partial charge on any atom is 0.124 e. The van der Waals surface area contributed by atoms with E-state index in [-0.39, 0.29) is 5.82 Å². The third-order valence-corrected chi connectivity index (χ3v) is 3.11. The van der Waals surface area contributed by atoms with Crippen molar-refractivity contribution in [3.8, 4) is 0 Å². The molecule has 13 heavy (non-hydrogen) atoms. The van der Waals surface area contributed by atoms with Crippen LogP contribution in [0.25, 0.3) is 0 Å². The van der Waals surface area contributed by atoms with Crippen LogP contribution >= 0.6 is 15.9 Å². The fourth-order valence-electron chi connectivity index (χ4n) is 1.71. The van der Waals surface area contributed by atoms with Crippen LogP contribution in [0.15, 0.2) is 16.6 Å². The van der Waals surface area contributed by atoms with E-state index in [1.54, 1.807) is 6.07 Å². The average molecular weight is 244 g/mol. The Morgan fingerprint density at radius 1 is 1.54 bits per heavy atom. The van der Waals surface area contributed by atoms with E-state index in [9.17, 15) is 4.39 Å². The molecular weight excluding hydrogens is 233 g/mol. The van der Waals surface area contributed by atoms with Gasteiger partial charge in [0, 0.05) is 17.1 Å². The first-order valence-electron chi connectivity index (χ1n) is 4.37. The Kier molecular flexibility index (Phi) is 2.39. The lowest BCUT2D eigenvalue weighted by Gasteiger charge is -2.24. The van der Waals surface area contributed by atoms with Gasteiger partial charge in [0.2, 0.25) is 0 Å². The maximum absolute atomic E-state index is 13.0. The lowest BCUT2D eigenvalue weighted by molar-refractivity contribution is 0.507. The van der Waals surface area contributed by atoms with Gasteiger partial charge >= 0.3 is 0 Å². The lowest BCUT2D eigenvalue weighted by Crippen LogP contribution is -2.33. The average Bonchev–Trinajstić information content (AvgIpc) is 2.06. The Morgan fingerprint density at radius 3 is 3.08 bits per heavy atom. The fourth-order valence-corrected chi connectivity index (χ4v) is 2.34. The van der Waals surface area contributed by atoms with Gasteiger partial charge in [0.15, 0.2) is 0 Å². The van der Waals surface area contributed by atoms with E-state index < -0.39 is 0 Å². The normalized spacial score (nSPS) is 21.3. The molecule has 0 bridgehead atoms. The highest BCUT2D eigenvalue weighted by atomic mass is 79.9. The maximum atomic E-state index is 13.0. The summed E-state index contributed by atoms with van der Waals surface area (Å²) in [6.45, 7) is 2.91. The van der Waals surface area contributed by atoms with Gasteiger partial charge in [0.05, 0.1) is 0 Å². The molecule has 0 radical (unpaired) electrons. The van der Waals surface area contributed by atoms with Crippen molar-refractivity contribution >= 4 is 15.9 Å². The molecule has 1 aliphatic rings. The fraction of sp³-hybridized carbons (Fsp3) is 0.400. The first-order valence-corrected chi connectivity index (χ1v) is 5.16. The summed E-state index contributed by atoms with van der Waals surface area (Å²) >= 11 is 3.39. The van der Waals surface area contributed by atoms with Crippen LogP contribution in [-0.2, 0) is 13.0 Å². The standard InChI is InChI=1S/C10H11BrFN/c1-6-2-9-7(5-13-6)3-8(12)4-10(9)11/h3-4,6,13H,2,5H2,1H3. The van der Waals surface area contributed by atoms with Crippen molar-refractivity contribution in [2.24, 2.45) is 0 Å².